The first-order valence-electron chi connectivity index (χ1n) is 12.6. The van der Waals surface area contributed by atoms with Crippen molar-refractivity contribution in [2.75, 3.05) is 26.7 Å². The van der Waals surface area contributed by atoms with Crippen molar-refractivity contribution in [1.29, 1.82) is 0 Å². The number of carboxylic acid groups (broad SMARTS) is 3. The fraction of sp³-hybridized carbons (Fsp3) is 0.625. The molecule has 0 radical (unpaired) electrons. The monoisotopic (exact) mass is 656 g/mol. The predicted octanol–water partition coefficient (Wildman–Crippen LogP) is 3.01. The number of rotatable bonds is 5. The Labute approximate surface area is 243 Å². The maximum absolute atomic E-state index is 12.4. The number of alkyl halides is 9. The number of likely N-dealkylation sites (N-methyl/N-ethyl adjacent to an activating group) is 1. The molecule has 0 unspecified atom stereocenters. The Morgan fingerprint density at radius 3 is 1.70 bits per heavy atom. The van der Waals surface area contributed by atoms with Gasteiger partial charge in [0, 0.05) is 38.4 Å². The summed E-state index contributed by atoms with van der Waals surface area (Å²) in [6.45, 7) is 3.92. The summed E-state index contributed by atoms with van der Waals surface area (Å²) in [5.41, 5.74) is 1.13. The average molecular weight is 656 g/mol. The number of fused-ring (bicyclic) bond motifs is 1. The van der Waals surface area contributed by atoms with E-state index in [9.17, 15) is 44.3 Å². The summed E-state index contributed by atoms with van der Waals surface area (Å²) in [7, 11) is 2.12. The van der Waals surface area contributed by atoms with E-state index in [1.807, 2.05) is 18.3 Å². The molecular weight excluding hydrogens is 627 g/mol. The number of hydrogen-bond acceptors (Lipinski definition) is 7. The summed E-state index contributed by atoms with van der Waals surface area (Å²) in [4.78, 5) is 48.3. The predicted molar refractivity (Wildman–Crippen MR) is 130 cm³/mol. The number of aromatic nitrogens is 1. The zero-order chi connectivity index (χ0) is 34.0. The molecule has 4 rings (SSSR count). The van der Waals surface area contributed by atoms with Gasteiger partial charge in [-0.25, -0.2) is 14.4 Å². The molecule has 250 valence electrons. The molecule has 1 aromatic heterocycles. The van der Waals surface area contributed by atoms with E-state index in [0.29, 0.717) is 12.0 Å². The van der Waals surface area contributed by atoms with Crippen LogP contribution in [0, 0.1) is 11.8 Å². The molecule has 3 heterocycles. The van der Waals surface area contributed by atoms with Crippen LogP contribution >= 0.6 is 0 Å². The van der Waals surface area contributed by atoms with Gasteiger partial charge in [0.1, 0.15) is 0 Å². The Hall–Kier alpha value is -3.68. The zero-order valence-electron chi connectivity index (χ0n) is 22.8. The van der Waals surface area contributed by atoms with Crippen molar-refractivity contribution in [2.45, 2.75) is 56.4 Å². The second-order valence-electron chi connectivity index (χ2n) is 9.86. The van der Waals surface area contributed by atoms with Gasteiger partial charge in [-0.3, -0.25) is 19.6 Å². The van der Waals surface area contributed by atoms with E-state index in [1.165, 1.54) is 12.8 Å². The lowest BCUT2D eigenvalue weighted by Crippen LogP contribution is -2.46. The quantitative estimate of drug-likeness (QED) is 0.347. The molecule has 1 aliphatic carbocycles. The van der Waals surface area contributed by atoms with Crippen LogP contribution in [0.2, 0.25) is 0 Å². The number of hydrogen-bond donors (Lipinski definition) is 4. The first kappa shape index (κ1) is 38.3. The summed E-state index contributed by atoms with van der Waals surface area (Å²) in [6, 6.07) is 6.68. The van der Waals surface area contributed by atoms with E-state index < -0.39 is 36.4 Å². The smallest absolute Gasteiger partial charge is 0.475 e. The molecule has 1 aromatic rings. The van der Waals surface area contributed by atoms with Crippen LogP contribution in [-0.4, -0.2) is 111 Å². The van der Waals surface area contributed by atoms with E-state index in [1.54, 1.807) is 0 Å². The van der Waals surface area contributed by atoms with Crippen LogP contribution in [0.5, 0.6) is 0 Å². The van der Waals surface area contributed by atoms with Crippen LogP contribution in [0.15, 0.2) is 24.4 Å². The van der Waals surface area contributed by atoms with Crippen LogP contribution in [0.4, 0.5) is 39.5 Å². The summed E-state index contributed by atoms with van der Waals surface area (Å²) in [5.74, 6) is -6.67. The molecule has 3 fully saturated rings. The minimum absolute atomic E-state index is 0.0701. The largest absolute Gasteiger partial charge is 0.490 e. The molecule has 0 aromatic carbocycles. The van der Waals surface area contributed by atoms with Gasteiger partial charge in [-0.05, 0) is 50.3 Å². The summed E-state index contributed by atoms with van der Waals surface area (Å²) < 4.78 is 95.2. The number of aliphatic carboxylic acids is 3. The van der Waals surface area contributed by atoms with Crippen LogP contribution in [-0.2, 0) is 25.7 Å². The summed E-state index contributed by atoms with van der Waals surface area (Å²) in [6.07, 6.45) is -9.82. The van der Waals surface area contributed by atoms with Gasteiger partial charge in [0.2, 0.25) is 5.91 Å². The first-order valence-corrected chi connectivity index (χ1v) is 12.6. The highest BCUT2D eigenvalue weighted by Crippen LogP contribution is 2.35. The lowest BCUT2D eigenvalue weighted by atomic mass is 10.0. The SMILES string of the molecule is CN1[C@@H](C(=O)NCC2CC2)C[C@@H]2CN(Cc3ccccn3)C[C@@H]21.O=C(O)C(F)(F)F.O=C(O)C(F)(F)F.O=C(O)C(F)(F)F. The van der Waals surface area contributed by atoms with E-state index in [-0.39, 0.29) is 11.9 Å². The number of carboxylic acids is 3. The molecule has 3 aliphatic rings. The second-order valence-corrected chi connectivity index (χ2v) is 9.86. The normalized spacial score (nSPS) is 21.7. The number of nitrogens with zero attached hydrogens (tertiary/aromatic N) is 3. The topological polar surface area (TPSA) is 160 Å². The van der Waals surface area contributed by atoms with Gasteiger partial charge in [0.25, 0.3) is 0 Å². The van der Waals surface area contributed by atoms with Crippen molar-refractivity contribution >= 4 is 23.8 Å². The minimum Gasteiger partial charge on any atom is -0.475 e. The summed E-state index contributed by atoms with van der Waals surface area (Å²) >= 11 is 0. The van der Waals surface area contributed by atoms with Crippen LogP contribution < -0.4 is 5.32 Å². The van der Waals surface area contributed by atoms with Crippen molar-refractivity contribution in [3.05, 3.63) is 30.1 Å². The number of nitrogens with one attached hydrogen (secondary N) is 1. The van der Waals surface area contributed by atoms with Gasteiger partial charge in [-0.2, -0.15) is 39.5 Å². The van der Waals surface area contributed by atoms with Crippen LogP contribution in [0.1, 0.15) is 25.0 Å². The molecule has 1 amide bonds. The third-order valence-electron chi connectivity index (χ3n) is 6.43. The van der Waals surface area contributed by atoms with E-state index in [4.69, 9.17) is 29.7 Å². The van der Waals surface area contributed by atoms with Gasteiger partial charge in [0.15, 0.2) is 0 Å². The highest BCUT2D eigenvalue weighted by Gasteiger charge is 2.47. The van der Waals surface area contributed by atoms with Crippen molar-refractivity contribution < 1.29 is 74.0 Å². The van der Waals surface area contributed by atoms with E-state index in [2.05, 4.69) is 33.2 Å². The average Bonchev–Trinajstić information content (AvgIpc) is 3.57. The zero-order valence-corrected chi connectivity index (χ0v) is 22.8. The Kier molecular flexibility index (Phi) is 13.8. The van der Waals surface area contributed by atoms with Gasteiger partial charge < -0.3 is 20.6 Å². The maximum Gasteiger partial charge on any atom is 0.490 e. The van der Waals surface area contributed by atoms with Gasteiger partial charge in [-0.15, -0.1) is 0 Å². The number of carbonyl (C=O) groups excluding carboxylic acids is 1. The van der Waals surface area contributed by atoms with Gasteiger partial charge in [-0.1, -0.05) is 6.07 Å². The molecule has 20 heteroatoms. The fourth-order valence-corrected chi connectivity index (χ4v) is 4.15. The molecule has 0 spiro atoms. The lowest BCUT2D eigenvalue weighted by Gasteiger charge is -2.26. The van der Waals surface area contributed by atoms with Crippen LogP contribution in [0.25, 0.3) is 0 Å². The Bertz CT molecular complexity index is 1060. The van der Waals surface area contributed by atoms with Gasteiger partial charge >= 0.3 is 36.4 Å². The Morgan fingerprint density at radius 1 is 0.864 bits per heavy atom. The molecule has 11 nitrogen and oxygen atoms in total. The van der Waals surface area contributed by atoms with E-state index in [0.717, 1.165) is 44.2 Å². The van der Waals surface area contributed by atoms with Crippen molar-refractivity contribution in [1.82, 2.24) is 20.1 Å². The molecule has 44 heavy (non-hydrogen) atoms. The summed E-state index contributed by atoms with van der Waals surface area (Å²) in [5, 5.41) is 24.5. The maximum atomic E-state index is 12.4. The Morgan fingerprint density at radius 2 is 1.34 bits per heavy atom. The van der Waals surface area contributed by atoms with E-state index >= 15 is 0 Å². The standard InChI is InChI=1S/C18H26N4O.3C2HF3O2/c1-21-16(18(23)20-9-13-5-6-13)8-14-10-22(12-17(14)21)11-15-4-2-3-7-19-15;3*3-2(4,5)1(6)7/h2-4,7,13-14,16-17H,5-6,8-12H2,1H3,(H,20,23);3*(H,6,7)/t14-,16-,17+;;;/m1.../s1. The molecular formula is C24H29F9N4O7. The molecule has 3 atom stereocenters. The fourth-order valence-electron chi connectivity index (χ4n) is 4.15. The van der Waals surface area contributed by atoms with Crippen molar-refractivity contribution in [3.63, 3.8) is 0 Å². The molecule has 1 saturated carbocycles. The number of likely N-dealkylation sites (tertiary alicyclic amines) is 2. The highest BCUT2D eigenvalue weighted by molar-refractivity contribution is 5.82. The Balaban J connectivity index is 0.000000379. The molecule has 4 N–H and O–H groups in total. The third kappa shape index (κ3) is 13.7. The number of amides is 1. The minimum atomic E-state index is -5.08. The van der Waals surface area contributed by atoms with Crippen LogP contribution in [0.3, 0.4) is 0 Å². The first-order chi connectivity index (χ1) is 20.0. The number of halogens is 9. The third-order valence-corrected chi connectivity index (χ3v) is 6.43. The highest BCUT2D eigenvalue weighted by atomic mass is 19.4. The van der Waals surface area contributed by atoms with Gasteiger partial charge in [0.05, 0.1) is 11.7 Å². The van der Waals surface area contributed by atoms with Crippen molar-refractivity contribution in [2.24, 2.45) is 11.8 Å². The van der Waals surface area contributed by atoms with Crippen molar-refractivity contribution in [3.8, 4) is 0 Å². The lowest BCUT2D eigenvalue weighted by molar-refractivity contribution is -0.193. The second kappa shape index (κ2) is 15.9. The number of carbonyl (C=O) groups is 4. The number of pyridine rings is 1. The molecule has 0 bridgehead atoms. The molecule has 2 aliphatic heterocycles. The molecule has 2 saturated heterocycles.